The fourth-order valence-corrected chi connectivity index (χ4v) is 4.47. The number of nitrogens with zero attached hydrogens (tertiary/aromatic N) is 5. The van der Waals surface area contributed by atoms with Crippen LogP contribution < -0.4 is 25.6 Å². The summed E-state index contributed by atoms with van der Waals surface area (Å²) < 4.78 is 6.21. The first-order valence-corrected chi connectivity index (χ1v) is 13.4. The number of hydrogen-bond acceptors (Lipinski definition) is 8. The van der Waals surface area contributed by atoms with Crippen LogP contribution in [0.5, 0.6) is 11.6 Å². The molecule has 10 nitrogen and oxygen atoms in total. The molecule has 3 N–H and O–H groups in total. The minimum Gasteiger partial charge on any atom is -0.438 e. The Hall–Kier alpha value is -4.70. The van der Waals surface area contributed by atoms with Crippen LogP contribution in [-0.2, 0) is 0 Å². The third-order valence-corrected chi connectivity index (χ3v) is 6.67. The van der Waals surface area contributed by atoms with E-state index in [0.717, 1.165) is 43.0 Å². The number of aryl methyl sites for hydroxylation is 1. The van der Waals surface area contributed by atoms with Crippen molar-refractivity contribution < 1.29 is 9.53 Å². The predicted octanol–water partition coefficient (Wildman–Crippen LogP) is 5.28. The van der Waals surface area contributed by atoms with Gasteiger partial charge in [-0.2, -0.15) is 0 Å². The highest BCUT2D eigenvalue weighted by Crippen LogP contribution is 2.33. The number of rotatable bonds is 8. The van der Waals surface area contributed by atoms with Crippen molar-refractivity contribution in [3.8, 4) is 22.9 Å². The lowest BCUT2D eigenvalue weighted by Crippen LogP contribution is -2.44. The van der Waals surface area contributed by atoms with Gasteiger partial charge in [0.25, 0.3) is 0 Å². The van der Waals surface area contributed by atoms with Crippen LogP contribution in [0.1, 0.15) is 12.5 Å². The molecule has 5 rings (SSSR count). The molecule has 1 saturated heterocycles. The molecule has 3 heterocycles. The molecule has 0 unspecified atom stereocenters. The molecule has 40 heavy (non-hydrogen) atoms. The maximum Gasteiger partial charge on any atom is 0.319 e. The van der Waals surface area contributed by atoms with Gasteiger partial charge in [-0.3, -0.25) is 0 Å². The van der Waals surface area contributed by atoms with E-state index < -0.39 is 0 Å². The molecule has 0 atom stereocenters. The Morgan fingerprint density at radius 2 is 1.73 bits per heavy atom. The van der Waals surface area contributed by atoms with Gasteiger partial charge < -0.3 is 30.5 Å². The summed E-state index contributed by atoms with van der Waals surface area (Å²) in [5.74, 6) is 1.54. The van der Waals surface area contributed by atoms with E-state index in [9.17, 15) is 4.79 Å². The summed E-state index contributed by atoms with van der Waals surface area (Å²) in [6.07, 6.45) is 3.40. The number of amides is 2. The standard InChI is InChI=1S/C30H34N8O2/c1-4-31-30(39)35-23-9-12-27(21(2)20-23)40-28-25(6-5-14-32-28)26-13-15-33-29(36-26)34-22-7-10-24(11-8-22)38-18-16-37(3)17-19-38/h5-15,20H,4,16-19H2,1-3H3,(H2,31,35,39)(H,33,34,36). The van der Waals surface area contributed by atoms with Gasteiger partial charge >= 0.3 is 6.03 Å². The monoisotopic (exact) mass is 538 g/mol. The number of anilines is 4. The molecule has 0 radical (unpaired) electrons. The van der Waals surface area contributed by atoms with Crippen LogP contribution in [0.3, 0.4) is 0 Å². The van der Waals surface area contributed by atoms with Crippen molar-refractivity contribution in [1.29, 1.82) is 0 Å². The first-order valence-electron chi connectivity index (χ1n) is 13.4. The Labute approximate surface area is 234 Å². The number of piperazine rings is 1. The third-order valence-electron chi connectivity index (χ3n) is 6.67. The molecule has 2 aromatic heterocycles. The van der Waals surface area contributed by atoms with E-state index in [1.807, 2.05) is 44.2 Å². The molecule has 0 saturated carbocycles. The first-order chi connectivity index (χ1) is 19.5. The van der Waals surface area contributed by atoms with Gasteiger partial charge in [-0.05, 0) is 87.1 Å². The molecule has 2 amide bonds. The Morgan fingerprint density at radius 1 is 0.950 bits per heavy atom. The SMILES string of the molecule is CCNC(=O)Nc1ccc(Oc2ncccc2-c2ccnc(Nc3ccc(N4CCN(C)CC4)cc3)n2)c(C)c1. The van der Waals surface area contributed by atoms with Crippen LogP contribution in [0.15, 0.2) is 73.1 Å². The number of nitrogens with one attached hydrogen (secondary N) is 3. The van der Waals surface area contributed by atoms with Crippen LogP contribution in [0, 0.1) is 6.92 Å². The zero-order valence-electron chi connectivity index (χ0n) is 23.0. The Morgan fingerprint density at radius 3 is 2.48 bits per heavy atom. The van der Waals surface area contributed by atoms with E-state index in [1.165, 1.54) is 5.69 Å². The number of pyridine rings is 1. The Bertz CT molecular complexity index is 1450. The van der Waals surface area contributed by atoms with Crippen LogP contribution in [-0.4, -0.2) is 65.7 Å². The average Bonchev–Trinajstić information content (AvgIpc) is 2.96. The molecule has 0 bridgehead atoms. The molecule has 10 heteroatoms. The summed E-state index contributed by atoms with van der Waals surface area (Å²) in [5.41, 5.74) is 5.09. The van der Waals surface area contributed by atoms with E-state index >= 15 is 0 Å². The van der Waals surface area contributed by atoms with Gasteiger partial charge in [0, 0.05) is 62.2 Å². The van der Waals surface area contributed by atoms with Crippen molar-refractivity contribution in [3.05, 3.63) is 78.6 Å². The lowest BCUT2D eigenvalue weighted by molar-refractivity contribution is 0.252. The molecule has 2 aromatic carbocycles. The highest BCUT2D eigenvalue weighted by Gasteiger charge is 2.15. The average molecular weight is 539 g/mol. The Kier molecular flexibility index (Phi) is 8.36. The van der Waals surface area contributed by atoms with Gasteiger partial charge in [0.15, 0.2) is 0 Å². The van der Waals surface area contributed by atoms with Crippen LogP contribution in [0.2, 0.25) is 0 Å². The highest BCUT2D eigenvalue weighted by molar-refractivity contribution is 5.89. The molecule has 0 aliphatic carbocycles. The molecule has 1 fully saturated rings. The summed E-state index contributed by atoms with van der Waals surface area (Å²) >= 11 is 0. The molecular formula is C30H34N8O2. The number of ether oxygens (including phenoxy) is 1. The van der Waals surface area contributed by atoms with Crippen molar-refractivity contribution in [3.63, 3.8) is 0 Å². The van der Waals surface area contributed by atoms with Crippen molar-refractivity contribution in [2.75, 3.05) is 55.3 Å². The van der Waals surface area contributed by atoms with E-state index in [4.69, 9.17) is 9.72 Å². The Balaban J connectivity index is 1.29. The molecule has 1 aliphatic heterocycles. The number of carbonyl (C=O) groups is 1. The van der Waals surface area contributed by atoms with Crippen molar-refractivity contribution in [2.45, 2.75) is 13.8 Å². The quantitative estimate of drug-likeness (QED) is 0.278. The first kappa shape index (κ1) is 26.9. The van der Waals surface area contributed by atoms with Gasteiger partial charge in [-0.1, -0.05) is 0 Å². The van der Waals surface area contributed by atoms with Crippen molar-refractivity contribution in [1.82, 2.24) is 25.2 Å². The second kappa shape index (κ2) is 12.4. The fourth-order valence-electron chi connectivity index (χ4n) is 4.47. The lowest BCUT2D eigenvalue weighted by Gasteiger charge is -2.34. The van der Waals surface area contributed by atoms with Gasteiger partial charge in [0.1, 0.15) is 5.75 Å². The lowest BCUT2D eigenvalue weighted by atomic mass is 10.2. The number of aromatic nitrogens is 3. The number of urea groups is 1. The topological polar surface area (TPSA) is 108 Å². The number of likely N-dealkylation sites (N-methyl/N-ethyl adjacent to an activating group) is 1. The number of carbonyl (C=O) groups excluding carboxylic acids is 1. The smallest absolute Gasteiger partial charge is 0.319 e. The predicted molar refractivity (Wildman–Crippen MR) is 159 cm³/mol. The van der Waals surface area contributed by atoms with Crippen molar-refractivity contribution in [2.24, 2.45) is 0 Å². The van der Waals surface area contributed by atoms with Gasteiger partial charge in [0.2, 0.25) is 11.8 Å². The van der Waals surface area contributed by atoms with Crippen molar-refractivity contribution >= 4 is 29.0 Å². The molecule has 0 spiro atoms. The summed E-state index contributed by atoms with van der Waals surface area (Å²) in [7, 11) is 2.16. The largest absolute Gasteiger partial charge is 0.438 e. The summed E-state index contributed by atoms with van der Waals surface area (Å²) in [4.78, 5) is 30.2. The molecular weight excluding hydrogens is 504 g/mol. The normalized spacial score (nSPS) is 13.5. The zero-order chi connectivity index (χ0) is 27.9. The molecule has 206 valence electrons. The van der Waals surface area contributed by atoms with Gasteiger partial charge in [-0.25, -0.2) is 19.7 Å². The zero-order valence-corrected chi connectivity index (χ0v) is 23.0. The second-order valence-corrected chi connectivity index (χ2v) is 9.65. The number of hydrogen-bond donors (Lipinski definition) is 3. The third kappa shape index (κ3) is 6.65. The van der Waals surface area contributed by atoms with E-state index in [0.29, 0.717) is 35.5 Å². The molecule has 4 aromatic rings. The van der Waals surface area contributed by atoms with E-state index in [2.05, 4.69) is 67.0 Å². The second-order valence-electron chi connectivity index (χ2n) is 9.65. The number of benzene rings is 2. The van der Waals surface area contributed by atoms with Crippen LogP contribution in [0.25, 0.3) is 11.3 Å². The maximum absolute atomic E-state index is 11.9. The molecule has 1 aliphatic rings. The maximum atomic E-state index is 11.9. The van der Waals surface area contributed by atoms with Gasteiger partial charge in [0.05, 0.1) is 11.3 Å². The fraction of sp³-hybridized carbons (Fsp3) is 0.267. The van der Waals surface area contributed by atoms with Gasteiger partial charge in [-0.15, -0.1) is 0 Å². The van der Waals surface area contributed by atoms with Crippen LogP contribution >= 0.6 is 0 Å². The van der Waals surface area contributed by atoms with E-state index in [-0.39, 0.29) is 6.03 Å². The summed E-state index contributed by atoms with van der Waals surface area (Å²) in [6.45, 7) is 8.54. The minimum atomic E-state index is -0.248. The summed E-state index contributed by atoms with van der Waals surface area (Å²) in [5, 5.41) is 8.84. The van der Waals surface area contributed by atoms with E-state index in [1.54, 1.807) is 18.5 Å². The highest BCUT2D eigenvalue weighted by atomic mass is 16.5. The minimum absolute atomic E-state index is 0.248. The summed E-state index contributed by atoms with van der Waals surface area (Å²) in [6, 6.07) is 19.2. The van der Waals surface area contributed by atoms with Crippen LogP contribution in [0.4, 0.5) is 27.8 Å².